The number of methoxy groups -OCH3 is 1. The fraction of sp³-hybridized carbons (Fsp3) is 0.182. The lowest BCUT2D eigenvalue weighted by atomic mass is 10.3. The molecule has 0 amide bonds. The van der Waals surface area contributed by atoms with E-state index in [2.05, 4.69) is 26.2 Å². The second-order valence-corrected chi connectivity index (χ2v) is 5.83. The molecule has 1 aromatic heterocycles. The van der Waals surface area contributed by atoms with Crippen molar-refractivity contribution in [2.75, 3.05) is 12.4 Å². The lowest BCUT2D eigenvalue weighted by Gasteiger charge is -2.07. The van der Waals surface area contributed by atoms with Crippen molar-refractivity contribution < 1.29 is 4.74 Å². The average molecular weight is 334 g/mol. The van der Waals surface area contributed by atoms with Gasteiger partial charge in [0.05, 0.1) is 18.1 Å². The molecule has 2 rings (SSSR count). The van der Waals surface area contributed by atoms with Gasteiger partial charge in [-0.05, 0) is 34.1 Å². The van der Waals surface area contributed by atoms with Crippen LogP contribution in [0.5, 0.6) is 5.75 Å². The number of hydrogen-bond acceptors (Lipinski definition) is 4. The smallest absolute Gasteiger partial charge is 0.183 e. The van der Waals surface area contributed by atoms with Gasteiger partial charge in [-0.2, -0.15) is 0 Å². The molecule has 0 aliphatic carbocycles. The Morgan fingerprint density at radius 1 is 1.53 bits per heavy atom. The summed E-state index contributed by atoms with van der Waals surface area (Å²) >= 11 is 10.7. The van der Waals surface area contributed by atoms with Crippen LogP contribution in [-0.2, 0) is 6.54 Å². The Bertz CT molecular complexity index is 518. The van der Waals surface area contributed by atoms with E-state index in [9.17, 15) is 0 Å². The largest absolute Gasteiger partial charge is 0.496 e. The number of ether oxygens (including phenoxy) is 1. The molecule has 1 heterocycles. The Morgan fingerprint density at radius 3 is 2.94 bits per heavy atom. The molecular weight excluding hydrogens is 324 g/mol. The highest BCUT2D eigenvalue weighted by Gasteiger charge is 2.02. The number of nitrogens with one attached hydrogen (secondary N) is 1. The Labute approximate surface area is 117 Å². The van der Waals surface area contributed by atoms with Crippen LogP contribution in [0, 0.1) is 0 Å². The minimum absolute atomic E-state index is 0.567. The highest BCUT2D eigenvalue weighted by Crippen LogP contribution is 2.28. The van der Waals surface area contributed by atoms with Crippen molar-refractivity contribution in [1.82, 2.24) is 4.98 Å². The number of aromatic nitrogens is 1. The van der Waals surface area contributed by atoms with Gasteiger partial charge in [0.25, 0.3) is 0 Å². The molecule has 6 heteroatoms. The van der Waals surface area contributed by atoms with E-state index in [0.717, 1.165) is 20.8 Å². The maximum atomic E-state index is 5.76. The molecule has 1 aromatic carbocycles. The summed E-state index contributed by atoms with van der Waals surface area (Å²) in [4.78, 5) is 5.09. The summed E-state index contributed by atoms with van der Waals surface area (Å²) in [5, 5.41) is 3.29. The van der Waals surface area contributed by atoms with E-state index < -0.39 is 0 Å². The molecule has 0 spiro atoms. The second-order valence-electron chi connectivity index (χ2n) is 3.28. The van der Waals surface area contributed by atoms with Crippen molar-refractivity contribution in [2.24, 2.45) is 0 Å². The van der Waals surface area contributed by atoms with Crippen molar-refractivity contribution in [3.05, 3.63) is 38.2 Å². The summed E-state index contributed by atoms with van der Waals surface area (Å²) in [5.41, 5.74) is 1.02. The van der Waals surface area contributed by atoms with Crippen LogP contribution in [0.2, 0.25) is 4.47 Å². The van der Waals surface area contributed by atoms with Gasteiger partial charge in [-0.3, -0.25) is 0 Å². The average Bonchev–Trinajstić information content (AvgIpc) is 2.73. The van der Waals surface area contributed by atoms with E-state index in [1.54, 1.807) is 13.3 Å². The molecule has 0 fully saturated rings. The zero-order valence-electron chi connectivity index (χ0n) is 9.04. The van der Waals surface area contributed by atoms with E-state index in [4.69, 9.17) is 16.3 Å². The van der Waals surface area contributed by atoms with E-state index in [-0.39, 0.29) is 0 Å². The molecule has 0 radical (unpaired) electrons. The predicted octanol–water partition coefficient (Wildman–Crippen LogP) is 4.18. The van der Waals surface area contributed by atoms with Crippen molar-refractivity contribution in [2.45, 2.75) is 6.54 Å². The van der Waals surface area contributed by atoms with Crippen LogP contribution in [0.25, 0.3) is 0 Å². The highest BCUT2D eigenvalue weighted by molar-refractivity contribution is 9.10. The first kappa shape index (κ1) is 12.7. The van der Waals surface area contributed by atoms with Crippen LogP contribution in [0.4, 0.5) is 5.69 Å². The van der Waals surface area contributed by atoms with Gasteiger partial charge in [-0.15, -0.1) is 11.3 Å². The summed E-state index contributed by atoms with van der Waals surface area (Å²) in [6.45, 7) is 0.711. The van der Waals surface area contributed by atoms with Crippen LogP contribution in [-0.4, -0.2) is 12.1 Å². The van der Waals surface area contributed by atoms with Gasteiger partial charge in [0.15, 0.2) is 4.47 Å². The molecule has 1 N–H and O–H groups in total. The molecule has 0 saturated carbocycles. The number of hydrogen-bond donors (Lipinski definition) is 1. The van der Waals surface area contributed by atoms with Gasteiger partial charge >= 0.3 is 0 Å². The fourth-order valence-corrected chi connectivity index (χ4v) is 2.79. The third kappa shape index (κ3) is 3.34. The van der Waals surface area contributed by atoms with Gasteiger partial charge in [0.1, 0.15) is 5.75 Å². The maximum absolute atomic E-state index is 5.76. The van der Waals surface area contributed by atoms with Crippen LogP contribution in [0.3, 0.4) is 0 Å². The Kier molecular flexibility index (Phi) is 4.25. The molecule has 3 nitrogen and oxygen atoms in total. The molecule has 0 atom stereocenters. The molecule has 0 bridgehead atoms. The highest BCUT2D eigenvalue weighted by atomic mass is 79.9. The molecule has 0 unspecified atom stereocenters. The lowest BCUT2D eigenvalue weighted by molar-refractivity contribution is 0.412. The maximum Gasteiger partial charge on any atom is 0.183 e. The molecule has 90 valence electrons. The molecule has 17 heavy (non-hydrogen) atoms. The summed E-state index contributed by atoms with van der Waals surface area (Å²) in [5.74, 6) is 0.816. The first-order valence-electron chi connectivity index (χ1n) is 4.86. The predicted molar refractivity (Wildman–Crippen MR) is 75.1 cm³/mol. The summed E-state index contributed by atoms with van der Waals surface area (Å²) in [7, 11) is 1.65. The first-order chi connectivity index (χ1) is 8.19. The second kappa shape index (κ2) is 5.71. The summed E-state index contributed by atoms with van der Waals surface area (Å²) in [6, 6.07) is 5.85. The molecule has 0 aliphatic rings. The molecule has 2 aromatic rings. The van der Waals surface area contributed by atoms with Gasteiger partial charge in [-0.1, -0.05) is 11.6 Å². The van der Waals surface area contributed by atoms with Crippen LogP contribution in [0.1, 0.15) is 4.88 Å². The minimum Gasteiger partial charge on any atom is -0.496 e. The van der Waals surface area contributed by atoms with E-state index in [1.807, 2.05) is 18.2 Å². The number of anilines is 1. The number of thiazole rings is 1. The zero-order valence-corrected chi connectivity index (χ0v) is 12.2. The standard InChI is InChI=1S/C11H10BrClN2OS/c1-16-10-3-2-7(4-9(10)12)14-5-8-6-15-11(13)17-8/h2-4,6,14H,5H2,1H3. The van der Waals surface area contributed by atoms with Gasteiger partial charge in [0, 0.05) is 16.8 Å². The van der Waals surface area contributed by atoms with Crippen molar-refractivity contribution >= 4 is 44.6 Å². The van der Waals surface area contributed by atoms with Crippen LogP contribution in [0.15, 0.2) is 28.9 Å². The number of rotatable bonds is 4. The molecule has 0 saturated heterocycles. The van der Waals surface area contributed by atoms with E-state index >= 15 is 0 Å². The summed E-state index contributed by atoms with van der Waals surface area (Å²) in [6.07, 6.45) is 1.78. The SMILES string of the molecule is COc1ccc(NCc2cnc(Cl)s2)cc1Br. The number of nitrogens with zero attached hydrogens (tertiary/aromatic N) is 1. The number of benzene rings is 1. The van der Waals surface area contributed by atoms with Gasteiger partial charge < -0.3 is 10.1 Å². The minimum atomic E-state index is 0.567. The van der Waals surface area contributed by atoms with Crippen LogP contribution >= 0.6 is 38.9 Å². The van der Waals surface area contributed by atoms with Gasteiger partial charge in [0.2, 0.25) is 0 Å². The van der Waals surface area contributed by atoms with Crippen molar-refractivity contribution in [3.63, 3.8) is 0 Å². The normalized spacial score (nSPS) is 10.3. The Balaban J connectivity index is 2.02. The summed E-state index contributed by atoms with van der Waals surface area (Å²) < 4.78 is 6.66. The quantitative estimate of drug-likeness (QED) is 0.911. The third-order valence-electron chi connectivity index (χ3n) is 2.14. The van der Waals surface area contributed by atoms with Gasteiger partial charge in [-0.25, -0.2) is 4.98 Å². The molecule has 0 aliphatic heterocycles. The fourth-order valence-electron chi connectivity index (χ4n) is 1.33. The Morgan fingerprint density at radius 2 is 2.35 bits per heavy atom. The van der Waals surface area contributed by atoms with E-state index in [0.29, 0.717) is 11.0 Å². The number of halogens is 2. The first-order valence-corrected chi connectivity index (χ1v) is 6.85. The lowest BCUT2D eigenvalue weighted by Crippen LogP contribution is -1.97. The Hall–Kier alpha value is -0.780. The zero-order chi connectivity index (χ0) is 12.3. The van der Waals surface area contributed by atoms with Crippen molar-refractivity contribution in [3.8, 4) is 5.75 Å². The van der Waals surface area contributed by atoms with Crippen molar-refractivity contribution in [1.29, 1.82) is 0 Å². The van der Waals surface area contributed by atoms with Crippen LogP contribution < -0.4 is 10.1 Å². The molecular formula is C11H10BrClN2OS. The monoisotopic (exact) mass is 332 g/mol. The topological polar surface area (TPSA) is 34.1 Å². The third-order valence-corrected chi connectivity index (χ3v) is 3.88. The van der Waals surface area contributed by atoms with E-state index in [1.165, 1.54) is 11.3 Å².